The van der Waals surface area contributed by atoms with Gasteiger partial charge in [0.1, 0.15) is 5.75 Å². The van der Waals surface area contributed by atoms with Crippen molar-refractivity contribution >= 4 is 57.4 Å². The van der Waals surface area contributed by atoms with Crippen LogP contribution in [0, 0.1) is 5.41 Å². The molecule has 33 heavy (non-hydrogen) atoms. The molecule has 2 aliphatic heterocycles. The normalized spacial score (nSPS) is 16.5. The van der Waals surface area contributed by atoms with Crippen LogP contribution in [0.2, 0.25) is 5.02 Å². The fraction of sp³-hybridized carbons (Fsp3) is 0. The summed E-state index contributed by atoms with van der Waals surface area (Å²) < 4.78 is 10.7. The van der Waals surface area contributed by atoms with Crippen molar-refractivity contribution < 1.29 is 18.7 Å². The van der Waals surface area contributed by atoms with Crippen LogP contribution in [0.1, 0.15) is 21.7 Å². The molecule has 0 saturated carbocycles. The minimum absolute atomic E-state index is 0.0876. The zero-order chi connectivity index (χ0) is 22.9. The fourth-order valence-electron chi connectivity index (χ4n) is 3.08. The monoisotopic (exact) mass is 476 g/mol. The molecule has 0 aliphatic carbocycles. The second kappa shape index (κ2) is 8.53. The Bertz CT molecular complexity index is 1380. The van der Waals surface area contributed by atoms with Gasteiger partial charge in [0.25, 0.3) is 5.91 Å². The number of rotatable bonds is 4. The molecule has 1 amide bonds. The van der Waals surface area contributed by atoms with Crippen molar-refractivity contribution in [2.75, 3.05) is 0 Å². The number of amidine groups is 2. The number of carbonyl (C=O) groups excluding carboxylic acids is 2. The van der Waals surface area contributed by atoms with E-state index in [0.717, 1.165) is 11.8 Å². The first-order chi connectivity index (χ1) is 16.0. The van der Waals surface area contributed by atoms with Gasteiger partial charge in [-0.05, 0) is 59.8 Å². The number of amides is 1. The molecule has 5 rings (SSSR count). The third-order valence-electron chi connectivity index (χ3n) is 4.68. The number of thioether (sulfide) groups is 1. The summed E-state index contributed by atoms with van der Waals surface area (Å²) in [6.07, 6.45) is 3.06. The zero-order valence-electron chi connectivity index (χ0n) is 16.7. The van der Waals surface area contributed by atoms with Crippen molar-refractivity contribution in [2.24, 2.45) is 10.1 Å². The molecule has 0 bridgehead atoms. The molecular formula is C23H13ClN4O4S. The highest BCUT2D eigenvalue weighted by molar-refractivity contribution is 8.27. The molecule has 8 nitrogen and oxygen atoms in total. The number of hydrogen-bond acceptors (Lipinski definition) is 7. The van der Waals surface area contributed by atoms with Gasteiger partial charge in [-0.1, -0.05) is 35.9 Å². The summed E-state index contributed by atoms with van der Waals surface area (Å²) >= 11 is 7.19. The molecule has 0 saturated heterocycles. The van der Waals surface area contributed by atoms with Crippen LogP contribution in [0.25, 0.3) is 6.08 Å². The van der Waals surface area contributed by atoms with Crippen LogP contribution in [0.4, 0.5) is 0 Å². The van der Waals surface area contributed by atoms with Crippen molar-refractivity contribution in [1.29, 1.82) is 5.41 Å². The average molecular weight is 477 g/mol. The minimum atomic E-state index is -0.574. The first kappa shape index (κ1) is 20.9. The molecule has 0 spiro atoms. The van der Waals surface area contributed by atoms with E-state index in [-0.39, 0.29) is 17.0 Å². The number of esters is 1. The van der Waals surface area contributed by atoms with Gasteiger partial charge in [0, 0.05) is 0 Å². The van der Waals surface area contributed by atoms with Gasteiger partial charge >= 0.3 is 5.97 Å². The standard InChI is InChI=1S/C23H13ClN4O4S/c24-17-5-2-1-4-15(17)22(30)32-14-9-7-13(8-10-14)12-16-19(25)28-23(26-20(16)29)33-21(27-28)18-6-3-11-31-18/h1-12,25H/b16-12-,25-19?. The smallest absolute Gasteiger partial charge is 0.345 e. The Morgan fingerprint density at radius 2 is 1.91 bits per heavy atom. The molecule has 0 fully saturated rings. The largest absolute Gasteiger partial charge is 0.462 e. The van der Waals surface area contributed by atoms with E-state index in [1.165, 1.54) is 17.3 Å². The number of ether oxygens (including phenoxy) is 1. The molecule has 162 valence electrons. The lowest BCUT2D eigenvalue weighted by atomic mass is 10.1. The lowest BCUT2D eigenvalue weighted by Gasteiger charge is -2.20. The number of aliphatic imine (C=N–C) groups is 1. The van der Waals surface area contributed by atoms with Crippen LogP contribution in [-0.2, 0) is 4.79 Å². The number of carbonyl (C=O) groups is 2. The van der Waals surface area contributed by atoms with Gasteiger partial charge in [0.15, 0.2) is 16.6 Å². The van der Waals surface area contributed by atoms with Crippen LogP contribution < -0.4 is 4.74 Å². The van der Waals surface area contributed by atoms with Gasteiger partial charge in [-0.2, -0.15) is 15.1 Å². The van der Waals surface area contributed by atoms with Gasteiger partial charge in [-0.3, -0.25) is 10.2 Å². The van der Waals surface area contributed by atoms with Gasteiger partial charge in [-0.25, -0.2) is 4.79 Å². The number of nitrogens with zero attached hydrogens (tertiary/aromatic N) is 3. The molecule has 2 aliphatic rings. The highest BCUT2D eigenvalue weighted by atomic mass is 35.5. The summed E-state index contributed by atoms with van der Waals surface area (Å²) in [7, 11) is 0. The summed E-state index contributed by atoms with van der Waals surface area (Å²) in [6, 6.07) is 16.6. The quantitative estimate of drug-likeness (QED) is 0.328. The van der Waals surface area contributed by atoms with E-state index < -0.39 is 11.9 Å². The third-order valence-corrected chi connectivity index (χ3v) is 5.93. The molecule has 2 aromatic carbocycles. The Morgan fingerprint density at radius 1 is 1.12 bits per heavy atom. The molecular weight excluding hydrogens is 464 g/mol. The van der Waals surface area contributed by atoms with E-state index in [9.17, 15) is 9.59 Å². The maximum absolute atomic E-state index is 12.6. The van der Waals surface area contributed by atoms with E-state index in [1.807, 2.05) is 0 Å². The van der Waals surface area contributed by atoms with Crippen molar-refractivity contribution in [3.63, 3.8) is 0 Å². The topological polar surface area (TPSA) is 108 Å². The van der Waals surface area contributed by atoms with Gasteiger partial charge < -0.3 is 9.15 Å². The van der Waals surface area contributed by atoms with Crippen molar-refractivity contribution in [3.8, 4) is 5.75 Å². The summed E-state index contributed by atoms with van der Waals surface area (Å²) in [4.78, 5) is 28.9. The Kier molecular flexibility index (Phi) is 5.41. The van der Waals surface area contributed by atoms with Crippen molar-refractivity contribution in [1.82, 2.24) is 5.01 Å². The second-order valence-electron chi connectivity index (χ2n) is 6.84. The van der Waals surface area contributed by atoms with E-state index in [4.69, 9.17) is 26.2 Å². The molecule has 0 radical (unpaired) electrons. The van der Waals surface area contributed by atoms with Crippen LogP contribution in [0.15, 0.2) is 87.0 Å². The number of benzene rings is 2. The lowest BCUT2D eigenvalue weighted by Crippen LogP contribution is -2.35. The average Bonchev–Trinajstić information content (AvgIpc) is 3.48. The molecule has 3 aromatic rings. The van der Waals surface area contributed by atoms with Gasteiger partial charge in [0.2, 0.25) is 5.17 Å². The second-order valence-corrected chi connectivity index (χ2v) is 8.20. The number of nitrogens with one attached hydrogen (secondary N) is 1. The Morgan fingerprint density at radius 3 is 2.64 bits per heavy atom. The van der Waals surface area contributed by atoms with Crippen LogP contribution in [0.5, 0.6) is 5.75 Å². The summed E-state index contributed by atoms with van der Waals surface area (Å²) in [5.41, 5.74) is 0.976. The molecule has 1 aromatic heterocycles. The summed E-state index contributed by atoms with van der Waals surface area (Å²) in [5.74, 6) is -0.354. The third kappa shape index (κ3) is 4.11. The number of hydrogen-bond donors (Lipinski definition) is 1. The Labute approximate surface area is 196 Å². The maximum atomic E-state index is 12.6. The van der Waals surface area contributed by atoms with E-state index in [2.05, 4.69) is 10.1 Å². The Hall–Kier alpha value is -3.95. The van der Waals surface area contributed by atoms with Crippen molar-refractivity contribution in [2.45, 2.75) is 0 Å². The first-order valence-electron chi connectivity index (χ1n) is 9.60. The maximum Gasteiger partial charge on any atom is 0.345 e. The number of hydrazone groups is 1. The molecule has 0 atom stereocenters. The fourth-order valence-corrected chi connectivity index (χ4v) is 4.15. The Balaban J connectivity index is 1.34. The van der Waals surface area contributed by atoms with E-state index in [0.29, 0.717) is 32.3 Å². The molecule has 3 heterocycles. The highest BCUT2D eigenvalue weighted by Gasteiger charge is 2.36. The van der Waals surface area contributed by atoms with Crippen LogP contribution in [-0.4, -0.2) is 32.9 Å². The van der Waals surface area contributed by atoms with Crippen LogP contribution in [0.3, 0.4) is 0 Å². The SMILES string of the molecule is N=C1/C(=C/c2ccc(OC(=O)c3ccccc3Cl)cc2)C(=O)N=C2SC(c3ccco3)=NN12. The van der Waals surface area contributed by atoms with Crippen molar-refractivity contribution in [3.05, 3.63) is 94.4 Å². The van der Waals surface area contributed by atoms with Gasteiger partial charge in [0.05, 0.1) is 22.4 Å². The highest BCUT2D eigenvalue weighted by Crippen LogP contribution is 2.31. The minimum Gasteiger partial charge on any atom is -0.462 e. The number of furan rings is 1. The first-order valence-corrected chi connectivity index (χ1v) is 10.8. The number of fused-ring (bicyclic) bond motifs is 1. The summed E-state index contributed by atoms with van der Waals surface area (Å²) in [5, 5.41) is 15.2. The zero-order valence-corrected chi connectivity index (χ0v) is 18.3. The van der Waals surface area contributed by atoms with E-state index >= 15 is 0 Å². The van der Waals surface area contributed by atoms with E-state index in [1.54, 1.807) is 60.7 Å². The molecule has 10 heteroatoms. The predicted octanol–water partition coefficient (Wildman–Crippen LogP) is 4.82. The van der Waals surface area contributed by atoms with Crippen LogP contribution >= 0.6 is 23.4 Å². The molecule has 0 unspecified atom stereocenters. The predicted molar refractivity (Wildman–Crippen MR) is 126 cm³/mol. The number of halogens is 1. The van der Waals surface area contributed by atoms with Gasteiger partial charge in [-0.15, -0.1) is 0 Å². The summed E-state index contributed by atoms with van der Waals surface area (Å²) in [6.45, 7) is 0. The molecule has 1 N–H and O–H groups in total. The lowest BCUT2D eigenvalue weighted by molar-refractivity contribution is -0.114.